The summed E-state index contributed by atoms with van der Waals surface area (Å²) in [6.45, 7) is 7.46. The van der Waals surface area contributed by atoms with E-state index in [2.05, 4.69) is 41.4 Å². The Kier molecular flexibility index (Phi) is 4.39. The lowest BCUT2D eigenvalue weighted by atomic mass is 10.1. The highest BCUT2D eigenvalue weighted by atomic mass is 15.1. The van der Waals surface area contributed by atoms with Crippen molar-refractivity contribution >= 4 is 11.6 Å². The number of hydrogen-bond acceptors (Lipinski definition) is 4. The molecule has 4 nitrogen and oxygen atoms in total. The lowest BCUT2D eigenvalue weighted by Crippen LogP contribution is -2.18. The van der Waals surface area contributed by atoms with E-state index in [4.69, 9.17) is 0 Å². The second-order valence-corrected chi connectivity index (χ2v) is 5.19. The van der Waals surface area contributed by atoms with Crippen LogP contribution in [0.15, 0.2) is 6.33 Å². The van der Waals surface area contributed by atoms with Crippen molar-refractivity contribution in [2.75, 3.05) is 17.2 Å². The van der Waals surface area contributed by atoms with Crippen LogP contribution >= 0.6 is 0 Å². The molecular weight excluding hydrogens is 224 g/mol. The molecular formula is C14H24N4. The van der Waals surface area contributed by atoms with E-state index < -0.39 is 0 Å². The maximum absolute atomic E-state index is 4.42. The summed E-state index contributed by atoms with van der Waals surface area (Å²) in [5.41, 5.74) is 1.21. The van der Waals surface area contributed by atoms with Gasteiger partial charge in [0.05, 0.1) is 0 Å². The lowest BCUT2D eigenvalue weighted by molar-refractivity contribution is 0.602. The molecule has 2 N–H and O–H groups in total. The fourth-order valence-corrected chi connectivity index (χ4v) is 2.72. The van der Waals surface area contributed by atoms with E-state index in [1.807, 2.05) is 0 Å². The third-order valence-corrected chi connectivity index (χ3v) is 3.68. The first-order chi connectivity index (χ1) is 8.74. The molecule has 1 aliphatic rings. The SMILES string of the molecule is CCNc1ncnc(NC2CCC(C)C2)c1CC. The van der Waals surface area contributed by atoms with Gasteiger partial charge in [-0.3, -0.25) is 0 Å². The Bertz CT molecular complexity index is 391. The maximum Gasteiger partial charge on any atom is 0.134 e. The number of nitrogens with one attached hydrogen (secondary N) is 2. The molecule has 1 aliphatic carbocycles. The molecule has 18 heavy (non-hydrogen) atoms. The minimum atomic E-state index is 0.578. The van der Waals surface area contributed by atoms with Gasteiger partial charge in [0.1, 0.15) is 18.0 Å². The maximum atomic E-state index is 4.42. The second kappa shape index (κ2) is 6.03. The monoisotopic (exact) mass is 248 g/mol. The van der Waals surface area contributed by atoms with Gasteiger partial charge in [-0.1, -0.05) is 13.8 Å². The van der Waals surface area contributed by atoms with Crippen molar-refractivity contribution in [3.8, 4) is 0 Å². The van der Waals surface area contributed by atoms with E-state index in [1.165, 1.54) is 24.8 Å². The molecule has 1 aromatic rings. The molecule has 1 saturated carbocycles. The summed E-state index contributed by atoms with van der Waals surface area (Å²) < 4.78 is 0. The quantitative estimate of drug-likeness (QED) is 0.841. The molecule has 0 radical (unpaired) electrons. The first kappa shape index (κ1) is 13.1. The number of anilines is 2. The van der Waals surface area contributed by atoms with Crippen LogP contribution in [0.25, 0.3) is 0 Å². The van der Waals surface area contributed by atoms with Crippen LogP contribution in [-0.4, -0.2) is 22.6 Å². The zero-order chi connectivity index (χ0) is 13.0. The molecule has 1 heterocycles. The minimum absolute atomic E-state index is 0.578. The molecule has 0 spiro atoms. The molecule has 1 aromatic heterocycles. The molecule has 100 valence electrons. The van der Waals surface area contributed by atoms with E-state index in [1.54, 1.807) is 6.33 Å². The van der Waals surface area contributed by atoms with E-state index >= 15 is 0 Å². The van der Waals surface area contributed by atoms with Gasteiger partial charge in [0.25, 0.3) is 0 Å². The van der Waals surface area contributed by atoms with Crippen molar-refractivity contribution in [1.82, 2.24) is 9.97 Å². The van der Waals surface area contributed by atoms with Gasteiger partial charge in [-0.15, -0.1) is 0 Å². The Labute approximate surface area is 110 Å². The number of aromatic nitrogens is 2. The van der Waals surface area contributed by atoms with Gasteiger partial charge in [-0.25, -0.2) is 9.97 Å². The summed E-state index contributed by atoms with van der Waals surface area (Å²) in [7, 11) is 0. The molecule has 0 bridgehead atoms. The van der Waals surface area contributed by atoms with Crippen LogP contribution in [0, 0.1) is 5.92 Å². The van der Waals surface area contributed by atoms with Gasteiger partial charge < -0.3 is 10.6 Å². The predicted octanol–water partition coefficient (Wildman–Crippen LogP) is 3.07. The fraction of sp³-hybridized carbons (Fsp3) is 0.714. The van der Waals surface area contributed by atoms with E-state index in [0.29, 0.717) is 6.04 Å². The molecule has 2 rings (SSSR count). The van der Waals surface area contributed by atoms with Crippen LogP contribution in [0.2, 0.25) is 0 Å². The van der Waals surface area contributed by atoms with Gasteiger partial charge in [0, 0.05) is 18.2 Å². The van der Waals surface area contributed by atoms with E-state index in [9.17, 15) is 0 Å². The lowest BCUT2D eigenvalue weighted by Gasteiger charge is -2.17. The van der Waals surface area contributed by atoms with Crippen molar-refractivity contribution in [2.24, 2.45) is 5.92 Å². The Morgan fingerprint density at radius 3 is 2.61 bits per heavy atom. The van der Waals surface area contributed by atoms with Crippen molar-refractivity contribution < 1.29 is 0 Å². The molecule has 1 fully saturated rings. The molecule has 0 aliphatic heterocycles. The fourth-order valence-electron chi connectivity index (χ4n) is 2.72. The van der Waals surface area contributed by atoms with E-state index in [-0.39, 0.29) is 0 Å². The van der Waals surface area contributed by atoms with Gasteiger partial charge >= 0.3 is 0 Å². The molecule has 0 aromatic carbocycles. The Balaban J connectivity index is 2.13. The summed E-state index contributed by atoms with van der Waals surface area (Å²) >= 11 is 0. The smallest absolute Gasteiger partial charge is 0.134 e. The molecule has 2 unspecified atom stereocenters. The second-order valence-electron chi connectivity index (χ2n) is 5.19. The Hall–Kier alpha value is -1.32. The molecule has 2 atom stereocenters. The molecule has 0 saturated heterocycles. The number of hydrogen-bond donors (Lipinski definition) is 2. The average Bonchev–Trinajstić information content (AvgIpc) is 2.76. The highest BCUT2D eigenvalue weighted by molar-refractivity contribution is 5.57. The average molecular weight is 248 g/mol. The van der Waals surface area contributed by atoms with E-state index in [0.717, 1.165) is 30.5 Å². The van der Waals surface area contributed by atoms with Gasteiger partial charge in [-0.05, 0) is 38.5 Å². The van der Waals surface area contributed by atoms with Crippen molar-refractivity contribution in [1.29, 1.82) is 0 Å². The highest BCUT2D eigenvalue weighted by Gasteiger charge is 2.22. The van der Waals surface area contributed by atoms with Crippen molar-refractivity contribution in [3.05, 3.63) is 11.9 Å². The molecule has 4 heteroatoms. The van der Waals surface area contributed by atoms with Crippen LogP contribution < -0.4 is 10.6 Å². The number of rotatable bonds is 5. The Morgan fingerprint density at radius 1 is 1.22 bits per heavy atom. The van der Waals surface area contributed by atoms with Crippen LogP contribution in [0.1, 0.15) is 45.6 Å². The summed E-state index contributed by atoms with van der Waals surface area (Å²) in [4.78, 5) is 8.75. The topological polar surface area (TPSA) is 49.8 Å². The minimum Gasteiger partial charge on any atom is -0.370 e. The van der Waals surface area contributed by atoms with Gasteiger partial charge in [-0.2, -0.15) is 0 Å². The first-order valence-electron chi connectivity index (χ1n) is 7.08. The number of nitrogens with zero attached hydrogens (tertiary/aromatic N) is 2. The van der Waals surface area contributed by atoms with Crippen molar-refractivity contribution in [2.45, 2.75) is 52.5 Å². The summed E-state index contributed by atoms with van der Waals surface area (Å²) in [6, 6.07) is 0.578. The van der Waals surface area contributed by atoms with Crippen LogP contribution in [-0.2, 0) is 6.42 Å². The Morgan fingerprint density at radius 2 is 2.00 bits per heavy atom. The van der Waals surface area contributed by atoms with Gasteiger partial charge in [0.2, 0.25) is 0 Å². The van der Waals surface area contributed by atoms with Crippen LogP contribution in [0.4, 0.5) is 11.6 Å². The summed E-state index contributed by atoms with van der Waals surface area (Å²) in [5.74, 6) is 2.83. The van der Waals surface area contributed by atoms with Crippen LogP contribution in [0.3, 0.4) is 0 Å². The van der Waals surface area contributed by atoms with Crippen molar-refractivity contribution in [3.63, 3.8) is 0 Å². The summed E-state index contributed by atoms with van der Waals surface area (Å²) in [6.07, 6.45) is 6.44. The normalized spacial score (nSPS) is 23.1. The standard InChI is InChI=1S/C14H24N4/c1-4-12-13(15-5-2)16-9-17-14(12)18-11-7-6-10(3)8-11/h9-11H,4-8H2,1-3H3,(H2,15,16,17,18). The third kappa shape index (κ3) is 2.92. The summed E-state index contributed by atoms with van der Waals surface area (Å²) in [5, 5.41) is 6.91. The van der Waals surface area contributed by atoms with Gasteiger partial charge in [0.15, 0.2) is 0 Å². The third-order valence-electron chi connectivity index (χ3n) is 3.68. The predicted molar refractivity (Wildman–Crippen MR) is 76.0 cm³/mol. The first-order valence-corrected chi connectivity index (χ1v) is 7.08. The molecule has 0 amide bonds. The highest BCUT2D eigenvalue weighted by Crippen LogP contribution is 2.29. The zero-order valence-electron chi connectivity index (χ0n) is 11.7. The largest absolute Gasteiger partial charge is 0.370 e. The van der Waals surface area contributed by atoms with Crippen LogP contribution in [0.5, 0.6) is 0 Å². The zero-order valence-corrected chi connectivity index (χ0v) is 11.7.